The van der Waals surface area contributed by atoms with E-state index < -0.39 is 5.63 Å². The van der Waals surface area contributed by atoms with E-state index in [9.17, 15) is 14.7 Å². The second-order valence-electron chi connectivity index (χ2n) is 7.97. The lowest BCUT2D eigenvalue weighted by atomic mass is 9.79. The Morgan fingerprint density at radius 1 is 1.14 bits per heavy atom. The molecule has 0 spiro atoms. The van der Waals surface area contributed by atoms with Crippen molar-refractivity contribution < 1.29 is 19.1 Å². The Labute approximate surface area is 166 Å². The minimum absolute atomic E-state index is 0.0928. The summed E-state index contributed by atoms with van der Waals surface area (Å²) in [5.74, 6) is -0.262. The number of hydrogen-bond acceptors (Lipinski definition) is 5. The summed E-state index contributed by atoms with van der Waals surface area (Å²) in [4.78, 5) is 23.9. The molecule has 2 rings (SSSR count). The van der Waals surface area contributed by atoms with Crippen LogP contribution in [0.5, 0.6) is 5.75 Å². The average Bonchev–Trinajstić information content (AvgIpc) is 2.64. The van der Waals surface area contributed by atoms with E-state index >= 15 is 0 Å². The number of aryl methyl sites for hydroxylation is 1. The number of phenolic OH excluding ortho intramolecular Hbond substituents is 1. The fraction of sp³-hybridized carbons (Fsp3) is 0.565. The van der Waals surface area contributed by atoms with Crippen LogP contribution < -0.4 is 5.63 Å². The van der Waals surface area contributed by atoms with Gasteiger partial charge in [0.25, 0.3) is 0 Å². The number of hydrogen-bond donors (Lipinski definition) is 1. The van der Waals surface area contributed by atoms with Gasteiger partial charge in [0.15, 0.2) is 0 Å². The number of benzene rings is 1. The van der Waals surface area contributed by atoms with Crippen LogP contribution in [0.3, 0.4) is 0 Å². The van der Waals surface area contributed by atoms with Crippen LogP contribution in [-0.4, -0.2) is 17.7 Å². The molecular weight excluding hydrogens is 356 g/mol. The van der Waals surface area contributed by atoms with E-state index in [1.165, 1.54) is 19.3 Å². The number of carbonyl (C=O) groups is 1. The molecule has 0 saturated heterocycles. The van der Waals surface area contributed by atoms with Gasteiger partial charge in [-0.1, -0.05) is 46.5 Å². The maximum atomic E-state index is 12.3. The molecule has 0 atom stereocenters. The lowest BCUT2D eigenvalue weighted by Gasteiger charge is -2.26. The van der Waals surface area contributed by atoms with Crippen molar-refractivity contribution in [3.63, 3.8) is 0 Å². The third-order valence-electron chi connectivity index (χ3n) is 5.24. The first-order valence-corrected chi connectivity index (χ1v) is 10.2. The maximum absolute atomic E-state index is 12.3. The molecule has 0 aliphatic rings. The van der Waals surface area contributed by atoms with Crippen molar-refractivity contribution >= 4 is 16.9 Å². The zero-order valence-corrected chi connectivity index (χ0v) is 17.5. The lowest BCUT2D eigenvalue weighted by molar-refractivity contribution is -0.143. The second-order valence-corrected chi connectivity index (χ2v) is 7.97. The average molecular weight is 389 g/mol. The number of unbranched alkanes of at least 4 members (excludes halogenated alkanes) is 3. The molecule has 0 saturated carbocycles. The number of rotatable bonds is 10. The van der Waals surface area contributed by atoms with E-state index in [0.29, 0.717) is 23.1 Å². The van der Waals surface area contributed by atoms with E-state index in [1.807, 2.05) is 6.07 Å². The molecule has 5 heteroatoms. The third kappa shape index (κ3) is 5.60. The molecular formula is C23H32O5. The summed E-state index contributed by atoms with van der Waals surface area (Å²) < 4.78 is 10.4. The highest BCUT2D eigenvalue weighted by atomic mass is 16.5. The number of fused-ring (bicyclic) bond motifs is 1. The molecule has 28 heavy (non-hydrogen) atoms. The van der Waals surface area contributed by atoms with Gasteiger partial charge in [-0.2, -0.15) is 0 Å². The number of phenols is 1. The number of carbonyl (C=O) groups excluding carboxylic acids is 1. The van der Waals surface area contributed by atoms with Gasteiger partial charge in [0, 0.05) is 12.0 Å². The van der Waals surface area contributed by atoms with Crippen LogP contribution in [0.1, 0.15) is 77.3 Å². The first-order valence-electron chi connectivity index (χ1n) is 10.2. The van der Waals surface area contributed by atoms with Gasteiger partial charge >= 0.3 is 11.6 Å². The molecule has 0 unspecified atom stereocenters. The van der Waals surface area contributed by atoms with Crippen LogP contribution in [0.15, 0.2) is 27.4 Å². The molecule has 0 amide bonds. The van der Waals surface area contributed by atoms with Crippen LogP contribution in [0.25, 0.3) is 11.0 Å². The summed E-state index contributed by atoms with van der Waals surface area (Å²) in [7, 11) is 0. The molecule has 1 aromatic heterocycles. The summed E-state index contributed by atoms with van der Waals surface area (Å²) in [6.45, 7) is 8.53. The van der Waals surface area contributed by atoms with Gasteiger partial charge in [-0.05, 0) is 48.9 Å². The second kappa shape index (κ2) is 9.76. The molecule has 1 aromatic carbocycles. The van der Waals surface area contributed by atoms with Crippen LogP contribution in [0, 0.1) is 0 Å². The highest BCUT2D eigenvalue weighted by Gasteiger charge is 2.23. The monoisotopic (exact) mass is 388 g/mol. The summed E-state index contributed by atoms with van der Waals surface area (Å²) in [6, 6.07) is 5.23. The van der Waals surface area contributed by atoms with Crippen molar-refractivity contribution in [3.05, 3.63) is 39.7 Å². The molecule has 5 nitrogen and oxygen atoms in total. The Hall–Kier alpha value is -2.30. The molecule has 0 aliphatic heterocycles. The van der Waals surface area contributed by atoms with Crippen molar-refractivity contribution in [1.82, 2.24) is 0 Å². The summed E-state index contributed by atoms with van der Waals surface area (Å²) in [5, 5.41) is 11.0. The largest absolute Gasteiger partial charge is 0.507 e. The molecule has 1 heterocycles. The molecule has 2 aromatic rings. The van der Waals surface area contributed by atoms with Gasteiger partial charge in [0.05, 0.1) is 12.0 Å². The zero-order chi connectivity index (χ0) is 20.7. The summed E-state index contributed by atoms with van der Waals surface area (Å²) >= 11 is 0. The molecule has 0 aliphatic carbocycles. The smallest absolute Gasteiger partial charge is 0.339 e. The number of ether oxygens (including phenoxy) is 1. The Balaban J connectivity index is 2.26. The molecule has 0 radical (unpaired) electrons. The summed E-state index contributed by atoms with van der Waals surface area (Å²) in [6.07, 6.45) is 6.06. The van der Waals surface area contributed by atoms with Crippen LogP contribution >= 0.6 is 0 Å². The third-order valence-corrected chi connectivity index (χ3v) is 5.24. The van der Waals surface area contributed by atoms with Crippen molar-refractivity contribution in [2.75, 3.05) is 6.61 Å². The van der Waals surface area contributed by atoms with Gasteiger partial charge < -0.3 is 14.3 Å². The van der Waals surface area contributed by atoms with Crippen molar-refractivity contribution in [3.8, 4) is 5.75 Å². The van der Waals surface area contributed by atoms with Gasteiger partial charge in [-0.25, -0.2) is 4.79 Å². The first-order chi connectivity index (χ1) is 13.3. The Bertz CT molecular complexity index is 863. The first kappa shape index (κ1) is 22.0. The SMILES string of the molecule is CCCCCCC(C)(C)c1cc(O)c2cc(CCC(=O)OCC)c(=O)oc2c1. The van der Waals surface area contributed by atoms with E-state index in [-0.39, 0.29) is 30.0 Å². The van der Waals surface area contributed by atoms with Crippen LogP contribution in [-0.2, 0) is 21.4 Å². The van der Waals surface area contributed by atoms with E-state index in [0.717, 1.165) is 18.4 Å². The maximum Gasteiger partial charge on any atom is 0.339 e. The predicted molar refractivity (Wildman–Crippen MR) is 111 cm³/mol. The molecule has 0 fully saturated rings. The van der Waals surface area contributed by atoms with Gasteiger partial charge in [-0.3, -0.25) is 4.79 Å². The van der Waals surface area contributed by atoms with Crippen LogP contribution in [0.2, 0.25) is 0 Å². The van der Waals surface area contributed by atoms with E-state index in [4.69, 9.17) is 9.15 Å². The van der Waals surface area contributed by atoms with Gasteiger partial charge in [-0.15, -0.1) is 0 Å². The number of aromatic hydroxyl groups is 1. The predicted octanol–water partition coefficient (Wildman–Crippen LogP) is 5.24. The van der Waals surface area contributed by atoms with Gasteiger partial charge in [0.2, 0.25) is 0 Å². The Morgan fingerprint density at radius 3 is 2.57 bits per heavy atom. The fourth-order valence-electron chi connectivity index (χ4n) is 3.41. The highest BCUT2D eigenvalue weighted by Crippen LogP contribution is 2.35. The summed E-state index contributed by atoms with van der Waals surface area (Å²) in [5.41, 5.74) is 1.09. The van der Waals surface area contributed by atoms with Gasteiger partial charge in [0.1, 0.15) is 11.3 Å². The molecule has 1 N–H and O–H groups in total. The standard InChI is InChI=1S/C23H32O5/c1-5-7-8-9-12-23(3,4)17-14-19(24)18-13-16(10-11-21(25)27-6-2)22(26)28-20(18)15-17/h13-15,24H,5-12H2,1-4H3. The lowest BCUT2D eigenvalue weighted by Crippen LogP contribution is -2.17. The van der Waals surface area contributed by atoms with E-state index in [1.54, 1.807) is 19.1 Å². The quantitative estimate of drug-likeness (QED) is 0.342. The normalized spacial score (nSPS) is 11.7. The number of esters is 1. The van der Waals surface area contributed by atoms with Crippen LogP contribution in [0.4, 0.5) is 0 Å². The Kier molecular flexibility index (Phi) is 7.67. The van der Waals surface area contributed by atoms with Crippen molar-refractivity contribution in [1.29, 1.82) is 0 Å². The van der Waals surface area contributed by atoms with E-state index in [2.05, 4.69) is 20.8 Å². The molecule has 154 valence electrons. The minimum atomic E-state index is -0.478. The van der Waals surface area contributed by atoms with Crippen molar-refractivity contribution in [2.24, 2.45) is 0 Å². The topological polar surface area (TPSA) is 76.7 Å². The Morgan fingerprint density at radius 2 is 1.89 bits per heavy atom. The zero-order valence-electron chi connectivity index (χ0n) is 17.5. The minimum Gasteiger partial charge on any atom is -0.507 e. The van der Waals surface area contributed by atoms with Crippen molar-refractivity contribution in [2.45, 2.75) is 78.1 Å². The fourth-order valence-corrected chi connectivity index (χ4v) is 3.41. The molecule has 0 bridgehead atoms. The highest BCUT2D eigenvalue weighted by molar-refractivity contribution is 5.84.